The third kappa shape index (κ3) is 3.31. The topological polar surface area (TPSA) is 110 Å². The number of nitro groups is 1. The van der Waals surface area contributed by atoms with Gasteiger partial charge >= 0.3 is 5.97 Å². The highest BCUT2D eigenvalue weighted by Gasteiger charge is 2.27. The van der Waals surface area contributed by atoms with Gasteiger partial charge in [0.05, 0.1) is 16.2 Å². The van der Waals surface area contributed by atoms with Crippen molar-refractivity contribution in [2.24, 2.45) is 5.41 Å². The van der Waals surface area contributed by atoms with Gasteiger partial charge in [0.1, 0.15) is 0 Å². The quantitative estimate of drug-likeness (QED) is 0.636. The minimum Gasteiger partial charge on any atom is -0.478 e. The molecule has 0 unspecified atom stereocenters. The lowest BCUT2D eigenvalue weighted by Gasteiger charge is -2.22. The van der Waals surface area contributed by atoms with E-state index < -0.39 is 16.3 Å². The van der Waals surface area contributed by atoms with Crippen LogP contribution in [0.25, 0.3) is 0 Å². The number of anilines is 1. The van der Waals surface area contributed by atoms with Gasteiger partial charge in [0.2, 0.25) is 5.91 Å². The zero-order valence-corrected chi connectivity index (χ0v) is 11.5. The first-order valence-corrected chi connectivity index (χ1v) is 6.02. The normalized spacial score (nSPS) is 10.9. The fourth-order valence-electron chi connectivity index (χ4n) is 1.38. The van der Waals surface area contributed by atoms with E-state index in [1.165, 1.54) is 6.07 Å². The molecule has 2 N–H and O–H groups in total. The number of carboxylic acids is 1. The highest BCUT2D eigenvalue weighted by Crippen LogP contribution is 2.26. The first-order valence-electron chi connectivity index (χ1n) is 6.02. The van der Waals surface area contributed by atoms with E-state index >= 15 is 0 Å². The monoisotopic (exact) mass is 280 g/mol. The number of hydrogen-bond donors (Lipinski definition) is 2. The van der Waals surface area contributed by atoms with Gasteiger partial charge in [-0.05, 0) is 12.5 Å². The molecule has 0 saturated heterocycles. The van der Waals surface area contributed by atoms with Crippen molar-refractivity contribution in [1.82, 2.24) is 0 Å². The summed E-state index contributed by atoms with van der Waals surface area (Å²) in [5.41, 5.74) is -1.25. The molecule has 0 aliphatic carbocycles. The summed E-state index contributed by atoms with van der Waals surface area (Å²) < 4.78 is 0. The lowest BCUT2D eigenvalue weighted by molar-refractivity contribution is -0.384. The van der Waals surface area contributed by atoms with Gasteiger partial charge < -0.3 is 10.4 Å². The number of amides is 1. The molecule has 7 heteroatoms. The molecule has 0 bridgehead atoms. The van der Waals surface area contributed by atoms with Crippen LogP contribution < -0.4 is 5.32 Å². The molecular weight excluding hydrogens is 264 g/mol. The number of carbonyl (C=O) groups excluding carboxylic acids is 1. The average Bonchev–Trinajstić information content (AvgIpc) is 2.38. The second-order valence-corrected chi connectivity index (χ2v) is 4.98. The maximum Gasteiger partial charge on any atom is 0.338 e. The van der Waals surface area contributed by atoms with Crippen LogP contribution in [0.1, 0.15) is 37.6 Å². The number of benzene rings is 1. The molecule has 7 nitrogen and oxygen atoms in total. The maximum absolute atomic E-state index is 12.0. The van der Waals surface area contributed by atoms with Crippen molar-refractivity contribution in [2.75, 3.05) is 5.32 Å². The number of nitro benzene ring substituents is 1. The van der Waals surface area contributed by atoms with Crippen LogP contribution in [0.4, 0.5) is 11.4 Å². The van der Waals surface area contributed by atoms with E-state index in [2.05, 4.69) is 5.32 Å². The summed E-state index contributed by atoms with van der Waals surface area (Å²) in [5.74, 6) is -1.67. The summed E-state index contributed by atoms with van der Waals surface area (Å²) >= 11 is 0. The molecule has 0 saturated carbocycles. The molecule has 20 heavy (non-hydrogen) atoms. The number of carbonyl (C=O) groups is 2. The Balaban J connectivity index is 3.16. The van der Waals surface area contributed by atoms with Crippen LogP contribution in [0, 0.1) is 15.5 Å². The van der Waals surface area contributed by atoms with Crippen molar-refractivity contribution < 1.29 is 19.6 Å². The number of rotatable bonds is 5. The Labute approximate surface area is 115 Å². The SMILES string of the molecule is CCC(C)(C)C(=O)Nc1ccc([N+](=O)[O-])cc1C(=O)O. The summed E-state index contributed by atoms with van der Waals surface area (Å²) in [4.78, 5) is 33.1. The maximum atomic E-state index is 12.0. The average molecular weight is 280 g/mol. The molecule has 0 radical (unpaired) electrons. The number of nitrogens with zero attached hydrogens (tertiary/aromatic N) is 1. The van der Waals surface area contributed by atoms with E-state index in [9.17, 15) is 19.7 Å². The third-order valence-electron chi connectivity index (χ3n) is 3.19. The second kappa shape index (κ2) is 5.68. The number of nitrogens with one attached hydrogen (secondary N) is 1. The number of aromatic carboxylic acids is 1. The highest BCUT2D eigenvalue weighted by molar-refractivity contribution is 6.02. The predicted molar refractivity (Wildman–Crippen MR) is 72.8 cm³/mol. The zero-order chi connectivity index (χ0) is 15.5. The minimum atomic E-state index is -1.33. The molecule has 0 spiro atoms. The van der Waals surface area contributed by atoms with E-state index in [4.69, 9.17) is 5.11 Å². The van der Waals surface area contributed by atoms with E-state index in [1.807, 2.05) is 6.92 Å². The summed E-state index contributed by atoms with van der Waals surface area (Å²) in [6.45, 7) is 5.30. The van der Waals surface area contributed by atoms with Gasteiger partial charge in [0.15, 0.2) is 0 Å². The Kier molecular flexibility index (Phi) is 4.44. The van der Waals surface area contributed by atoms with Crippen LogP contribution >= 0.6 is 0 Å². The van der Waals surface area contributed by atoms with E-state index in [-0.39, 0.29) is 22.8 Å². The van der Waals surface area contributed by atoms with Gasteiger partial charge in [-0.2, -0.15) is 0 Å². The summed E-state index contributed by atoms with van der Waals surface area (Å²) in [6, 6.07) is 3.31. The lowest BCUT2D eigenvalue weighted by atomic mass is 9.89. The van der Waals surface area contributed by atoms with Crippen LogP contribution in [-0.2, 0) is 4.79 Å². The van der Waals surface area contributed by atoms with Crippen LogP contribution in [0.3, 0.4) is 0 Å². The largest absolute Gasteiger partial charge is 0.478 e. The fourth-order valence-corrected chi connectivity index (χ4v) is 1.38. The van der Waals surface area contributed by atoms with Gasteiger partial charge in [0.25, 0.3) is 5.69 Å². The molecule has 1 rings (SSSR count). The predicted octanol–water partition coefficient (Wildman–Crippen LogP) is 2.67. The van der Waals surface area contributed by atoms with Crippen molar-refractivity contribution >= 4 is 23.3 Å². The van der Waals surface area contributed by atoms with Gasteiger partial charge in [-0.1, -0.05) is 20.8 Å². The van der Waals surface area contributed by atoms with Crippen molar-refractivity contribution in [3.63, 3.8) is 0 Å². The highest BCUT2D eigenvalue weighted by atomic mass is 16.6. The van der Waals surface area contributed by atoms with E-state index in [0.29, 0.717) is 6.42 Å². The number of hydrogen-bond acceptors (Lipinski definition) is 4. The summed E-state index contributed by atoms with van der Waals surface area (Å²) in [5, 5.41) is 22.2. The Hall–Kier alpha value is -2.44. The van der Waals surface area contributed by atoms with E-state index in [0.717, 1.165) is 12.1 Å². The molecule has 0 aromatic heterocycles. The molecule has 108 valence electrons. The molecule has 0 heterocycles. The molecule has 0 aliphatic heterocycles. The molecule has 1 amide bonds. The van der Waals surface area contributed by atoms with Crippen LogP contribution in [-0.4, -0.2) is 21.9 Å². The van der Waals surface area contributed by atoms with Gasteiger partial charge in [-0.15, -0.1) is 0 Å². The third-order valence-corrected chi connectivity index (χ3v) is 3.19. The van der Waals surface area contributed by atoms with Gasteiger partial charge in [-0.25, -0.2) is 4.79 Å². The lowest BCUT2D eigenvalue weighted by Crippen LogP contribution is -2.30. The second-order valence-electron chi connectivity index (χ2n) is 4.98. The Morgan fingerprint density at radius 1 is 1.40 bits per heavy atom. The number of carboxylic acid groups (broad SMARTS) is 1. The van der Waals surface area contributed by atoms with Crippen molar-refractivity contribution in [3.8, 4) is 0 Å². The standard InChI is InChI=1S/C13H16N2O5/c1-4-13(2,3)12(18)14-10-6-5-8(15(19)20)7-9(10)11(16)17/h5-7H,4H2,1-3H3,(H,14,18)(H,16,17). The van der Waals surface area contributed by atoms with Crippen molar-refractivity contribution in [1.29, 1.82) is 0 Å². The zero-order valence-electron chi connectivity index (χ0n) is 11.5. The summed E-state index contributed by atoms with van der Waals surface area (Å²) in [7, 11) is 0. The molecule has 1 aromatic rings. The first-order chi connectivity index (χ1) is 9.19. The molecule has 1 aromatic carbocycles. The molecule has 0 fully saturated rings. The molecule has 0 atom stereocenters. The van der Waals surface area contributed by atoms with Crippen LogP contribution in [0.15, 0.2) is 18.2 Å². The van der Waals surface area contributed by atoms with Crippen LogP contribution in [0.5, 0.6) is 0 Å². The van der Waals surface area contributed by atoms with E-state index in [1.54, 1.807) is 13.8 Å². The molecule has 0 aliphatic rings. The Morgan fingerprint density at radius 2 is 2.00 bits per heavy atom. The van der Waals surface area contributed by atoms with Gasteiger partial charge in [0, 0.05) is 17.5 Å². The van der Waals surface area contributed by atoms with Gasteiger partial charge in [-0.3, -0.25) is 14.9 Å². The van der Waals surface area contributed by atoms with Crippen LogP contribution in [0.2, 0.25) is 0 Å². The molecular formula is C13H16N2O5. The minimum absolute atomic E-state index is 0.0506. The Morgan fingerprint density at radius 3 is 2.45 bits per heavy atom. The fraction of sp³-hybridized carbons (Fsp3) is 0.385. The summed E-state index contributed by atoms with van der Waals surface area (Å²) in [6.07, 6.45) is 0.578. The van der Waals surface area contributed by atoms with Crippen molar-refractivity contribution in [3.05, 3.63) is 33.9 Å². The number of non-ortho nitro benzene ring substituents is 1. The smallest absolute Gasteiger partial charge is 0.338 e. The van der Waals surface area contributed by atoms with Crippen molar-refractivity contribution in [2.45, 2.75) is 27.2 Å². The first kappa shape index (κ1) is 15.6. The Bertz CT molecular complexity index is 566.